The molecule has 2 saturated heterocycles. The molecule has 1 aromatic carbocycles. The van der Waals surface area contributed by atoms with Gasteiger partial charge in [0.05, 0.1) is 16.4 Å². The molecule has 3 heterocycles. The number of likely N-dealkylation sites (tertiary alicyclic amines) is 1. The SMILES string of the molecule is CN(C)CC1CC2(CCN(C(=O)CCn3c(=O)[nH]c4ccccc43)CC2)C(=O)O1.O=CO. The summed E-state index contributed by atoms with van der Waals surface area (Å²) in [5.74, 6) is -0.0879. The van der Waals surface area contributed by atoms with Crippen molar-refractivity contribution in [3.63, 3.8) is 0 Å². The predicted molar refractivity (Wildman–Crippen MR) is 117 cm³/mol. The molecule has 1 amide bonds. The van der Waals surface area contributed by atoms with E-state index in [0.29, 0.717) is 32.5 Å². The van der Waals surface area contributed by atoms with Crippen LogP contribution in [0.2, 0.25) is 0 Å². The fourth-order valence-corrected chi connectivity index (χ4v) is 4.63. The molecule has 0 radical (unpaired) electrons. The molecule has 0 bridgehead atoms. The number of carbonyl (C=O) groups excluding carboxylic acids is 2. The van der Waals surface area contributed by atoms with Crippen LogP contribution in [0, 0.1) is 5.41 Å². The lowest BCUT2D eigenvalue weighted by Gasteiger charge is -2.36. The van der Waals surface area contributed by atoms with Crippen LogP contribution in [0.15, 0.2) is 29.1 Å². The van der Waals surface area contributed by atoms with Crippen molar-refractivity contribution >= 4 is 29.4 Å². The number of benzene rings is 1. The first-order valence-electron chi connectivity index (χ1n) is 10.7. The number of H-pyrrole nitrogens is 1. The molecule has 2 fully saturated rings. The van der Waals surface area contributed by atoms with Crippen LogP contribution in [-0.4, -0.2) is 82.6 Å². The van der Waals surface area contributed by atoms with E-state index in [1.807, 2.05) is 48.2 Å². The van der Waals surface area contributed by atoms with Gasteiger partial charge >= 0.3 is 11.7 Å². The van der Waals surface area contributed by atoms with Crippen molar-refractivity contribution in [3.05, 3.63) is 34.7 Å². The zero-order valence-corrected chi connectivity index (χ0v) is 18.5. The quantitative estimate of drug-likeness (QED) is 0.516. The van der Waals surface area contributed by atoms with E-state index in [4.69, 9.17) is 14.6 Å². The lowest BCUT2D eigenvalue weighted by Crippen LogP contribution is -2.45. The van der Waals surface area contributed by atoms with Gasteiger partial charge in [0.15, 0.2) is 0 Å². The monoisotopic (exact) mass is 446 g/mol. The second-order valence-electron chi connectivity index (χ2n) is 8.61. The number of nitrogens with zero attached hydrogens (tertiary/aromatic N) is 3. The van der Waals surface area contributed by atoms with Crippen LogP contribution in [0.4, 0.5) is 0 Å². The van der Waals surface area contributed by atoms with Crippen LogP contribution in [0.25, 0.3) is 11.0 Å². The number of esters is 1. The van der Waals surface area contributed by atoms with Gasteiger partial charge in [-0.25, -0.2) is 4.79 Å². The van der Waals surface area contributed by atoms with Gasteiger partial charge in [0.1, 0.15) is 6.10 Å². The van der Waals surface area contributed by atoms with Crippen molar-refractivity contribution in [1.29, 1.82) is 0 Å². The molecule has 0 aliphatic carbocycles. The first-order valence-corrected chi connectivity index (χ1v) is 10.7. The summed E-state index contributed by atoms with van der Waals surface area (Å²) in [6, 6.07) is 7.47. The molecular formula is C22H30N4O6. The molecule has 10 heteroatoms. The molecule has 2 aliphatic heterocycles. The van der Waals surface area contributed by atoms with Gasteiger partial charge in [-0.3, -0.25) is 19.0 Å². The Bertz CT molecular complexity index is 1020. The second kappa shape index (κ2) is 9.99. The number of ether oxygens (including phenoxy) is 1. The molecule has 1 atom stereocenters. The maximum atomic E-state index is 12.7. The number of para-hydroxylation sites is 2. The molecule has 32 heavy (non-hydrogen) atoms. The highest BCUT2D eigenvalue weighted by molar-refractivity contribution is 5.81. The summed E-state index contributed by atoms with van der Waals surface area (Å²) >= 11 is 0. The third kappa shape index (κ3) is 5.01. The van der Waals surface area contributed by atoms with Gasteiger partial charge in [-0.05, 0) is 39.1 Å². The minimum Gasteiger partial charge on any atom is -0.483 e. The number of aromatic nitrogens is 2. The van der Waals surface area contributed by atoms with Crippen molar-refractivity contribution in [2.24, 2.45) is 5.41 Å². The Kier molecular flexibility index (Phi) is 7.34. The molecule has 4 rings (SSSR count). The lowest BCUT2D eigenvalue weighted by molar-refractivity contribution is -0.152. The first kappa shape index (κ1) is 23.5. The smallest absolute Gasteiger partial charge is 0.326 e. The van der Waals surface area contributed by atoms with Crippen molar-refractivity contribution in [1.82, 2.24) is 19.4 Å². The number of hydrogen-bond donors (Lipinski definition) is 2. The number of aryl methyl sites for hydroxylation is 1. The Labute approximate surface area is 185 Å². The molecular weight excluding hydrogens is 416 g/mol. The highest BCUT2D eigenvalue weighted by Gasteiger charge is 2.50. The van der Waals surface area contributed by atoms with E-state index in [0.717, 1.165) is 24.0 Å². The summed E-state index contributed by atoms with van der Waals surface area (Å²) < 4.78 is 7.20. The fraction of sp³-hybridized carbons (Fsp3) is 0.545. The van der Waals surface area contributed by atoms with Crippen molar-refractivity contribution in [3.8, 4) is 0 Å². The van der Waals surface area contributed by atoms with Crippen molar-refractivity contribution < 1.29 is 24.2 Å². The first-order chi connectivity index (χ1) is 15.3. The second-order valence-corrected chi connectivity index (χ2v) is 8.61. The van der Waals surface area contributed by atoms with Gasteiger partial charge in [0, 0.05) is 39.0 Å². The molecule has 2 aliphatic rings. The van der Waals surface area contributed by atoms with E-state index in [9.17, 15) is 14.4 Å². The van der Waals surface area contributed by atoms with Gasteiger partial charge in [0.2, 0.25) is 5.91 Å². The van der Waals surface area contributed by atoms with Gasteiger partial charge in [-0.15, -0.1) is 0 Å². The van der Waals surface area contributed by atoms with Crippen LogP contribution < -0.4 is 5.69 Å². The minimum absolute atomic E-state index is 0.0215. The number of carboxylic acid groups (broad SMARTS) is 1. The molecule has 10 nitrogen and oxygen atoms in total. The third-order valence-electron chi connectivity index (χ3n) is 6.20. The number of cyclic esters (lactones) is 1. The fourth-order valence-electron chi connectivity index (χ4n) is 4.63. The van der Waals surface area contributed by atoms with Crippen molar-refractivity contribution in [2.75, 3.05) is 33.7 Å². The summed E-state index contributed by atoms with van der Waals surface area (Å²) in [6.45, 7) is 1.95. The molecule has 2 aromatic rings. The average molecular weight is 447 g/mol. The zero-order chi connectivity index (χ0) is 23.3. The Balaban J connectivity index is 0.000000913. The topological polar surface area (TPSA) is 125 Å². The number of nitrogens with one attached hydrogen (secondary N) is 1. The summed E-state index contributed by atoms with van der Waals surface area (Å²) in [6.07, 6.45) is 2.23. The minimum atomic E-state index is -0.439. The summed E-state index contributed by atoms with van der Waals surface area (Å²) in [5, 5.41) is 6.89. The molecule has 0 saturated carbocycles. The number of aromatic amines is 1. The molecule has 174 valence electrons. The van der Waals surface area contributed by atoms with Crippen LogP contribution in [0.3, 0.4) is 0 Å². The maximum absolute atomic E-state index is 12.7. The Morgan fingerprint density at radius 3 is 2.59 bits per heavy atom. The van der Waals surface area contributed by atoms with Crippen LogP contribution in [0.5, 0.6) is 0 Å². The van der Waals surface area contributed by atoms with Crippen LogP contribution in [-0.2, 0) is 25.7 Å². The van der Waals surface area contributed by atoms with Gasteiger partial charge in [-0.1, -0.05) is 12.1 Å². The van der Waals surface area contributed by atoms with Gasteiger partial charge < -0.3 is 24.6 Å². The Morgan fingerprint density at radius 2 is 1.94 bits per heavy atom. The van der Waals surface area contributed by atoms with Crippen molar-refractivity contribution in [2.45, 2.75) is 38.3 Å². The highest BCUT2D eigenvalue weighted by atomic mass is 16.6. The molecule has 2 N–H and O–H groups in total. The summed E-state index contributed by atoms with van der Waals surface area (Å²) in [4.78, 5) is 52.4. The lowest BCUT2D eigenvalue weighted by atomic mass is 9.76. The largest absolute Gasteiger partial charge is 0.483 e. The number of piperidine rings is 1. The van der Waals surface area contributed by atoms with Crippen LogP contribution in [0.1, 0.15) is 25.7 Å². The van der Waals surface area contributed by atoms with E-state index in [1.54, 1.807) is 4.57 Å². The summed E-state index contributed by atoms with van der Waals surface area (Å²) in [7, 11) is 3.94. The van der Waals surface area contributed by atoms with E-state index in [2.05, 4.69) is 4.98 Å². The average Bonchev–Trinajstić information content (AvgIpc) is 3.22. The maximum Gasteiger partial charge on any atom is 0.326 e. The van der Waals surface area contributed by atoms with Gasteiger partial charge in [0.25, 0.3) is 6.47 Å². The molecule has 1 spiro atoms. The third-order valence-corrected chi connectivity index (χ3v) is 6.20. The van der Waals surface area contributed by atoms with Gasteiger partial charge in [-0.2, -0.15) is 0 Å². The van der Waals surface area contributed by atoms with Crippen LogP contribution >= 0.6 is 0 Å². The standard InChI is InChI=1S/C21H28N4O4.CH2O2/c1-23(2)14-15-13-21(19(27)29-15)8-11-24(12-9-21)18(26)7-10-25-17-6-4-3-5-16(17)22-20(25)28;2-1-3/h3-6,15H,7-14H2,1-2H3,(H,22,28);1H,(H,2,3). The number of rotatable bonds is 5. The number of hydrogen-bond acceptors (Lipinski definition) is 6. The highest BCUT2D eigenvalue weighted by Crippen LogP contribution is 2.43. The molecule has 1 unspecified atom stereocenters. The number of likely N-dealkylation sites (N-methyl/N-ethyl adjacent to an activating group) is 1. The van der Waals surface area contributed by atoms with E-state index < -0.39 is 5.41 Å². The molecule has 1 aromatic heterocycles. The Morgan fingerprint density at radius 1 is 1.28 bits per heavy atom. The Hall–Kier alpha value is -3.14. The predicted octanol–water partition coefficient (Wildman–Crippen LogP) is 0.906. The summed E-state index contributed by atoms with van der Waals surface area (Å²) in [5.41, 5.74) is 0.947. The normalized spacial score (nSPS) is 19.7. The van der Waals surface area contributed by atoms with E-state index >= 15 is 0 Å². The number of amides is 1. The number of fused-ring (bicyclic) bond motifs is 1. The van der Waals surface area contributed by atoms with E-state index in [-0.39, 0.29) is 36.6 Å². The number of imidazole rings is 1. The van der Waals surface area contributed by atoms with E-state index in [1.165, 1.54) is 0 Å². The zero-order valence-electron chi connectivity index (χ0n) is 18.5. The number of carbonyl (C=O) groups is 3.